The molecule has 158 valence electrons. The van der Waals surface area contributed by atoms with Crippen LogP contribution in [0.4, 0.5) is 0 Å². The van der Waals surface area contributed by atoms with Gasteiger partial charge in [0.25, 0.3) is 0 Å². The van der Waals surface area contributed by atoms with Crippen LogP contribution >= 0.6 is 34.8 Å². The van der Waals surface area contributed by atoms with Gasteiger partial charge >= 0.3 is 11.9 Å². The fraction of sp³-hybridized carbons (Fsp3) is 0.800. The Morgan fingerprint density at radius 2 is 1.30 bits per heavy atom. The van der Waals surface area contributed by atoms with Crippen LogP contribution in [0.5, 0.6) is 0 Å². The van der Waals surface area contributed by atoms with E-state index in [9.17, 15) is 9.59 Å². The molecule has 27 heavy (non-hydrogen) atoms. The number of ether oxygens (including phenoxy) is 2. The first kappa shape index (κ1) is 26.6. The van der Waals surface area contributed by atoms with Gasteiger partial charge in [0, 0.05) is 11.5 Å². The number of allylic oxidation sites excluding steroid dienone is 2. The van der Waals surface area contributed by atoms with Gasteiger partial charge in [0.2, 0.25) is 0 Å². The summed E-state index contributed by atoms with van der Waals surface area (Å²) in [6.07, 6.45) is 6.38. The normalized spacial score (nSPS) is 16.3. The van der Waals surface area contributed by atoms with Crippen molar-refractivity contribution in [2.24, 2.45) is 0 Å². The van der Waals surface area contributed by atoms with Crippen molar-refractivity contribution in [3.05, 3.63) is 11.1 Å². The Labute approximate surface area is 178 Å². The summed E-state index contributed by atoms with van der Waals surface area (Å²) in [4.78, 5) is 22.2. The molecule has 0 saturated heterocycles. The molecular weight excluding hydrogens is 411 g/mol. The molecule has 0 radical (unpaired) electrons. The highest BCUT2D eigenvalue weighted by molar-refractivity contribution is 6.37. The second-order valence-corrected chi connectivity index (χ2v) is 8.54. The summed E-state index contributed by atoms with van der Waals surface area (Å²) in [6, 6.07) is 0. The molecule has 0 aliphatic rings. The number of halogens is 3. The third-order valence-electron chi connectivity index (χ3n) is 4.23. The van der Waals surface area contributed by atoms with E-state index in [4.69, 9.17) is 44.3 Å². The first-order valence-corrected chi connectivity index (χ1v) is 10.9. The van der Waals surface area contributed by atoms with Crippen LogP contribution < -0.4 is 0 Å². The van der Waals surface area contributed by atoms with Gasteiger partial charge in [-0.05, 0) is 33.1 Å². The van der Waals surface area contributed by atoms with Crippen LogP contribution in [0.15, 0.2) is 11.1 Å². The van der Waals surface area contributed by atoms with Gasteiger partial charge in [-0.2, -0.15) is 0 Å². The molecule has 0 saturated carbocycles. The highest BCUT2D eigenvalue weighted by atomic mass is 35.5. The molecule has 4 nitrogen and oxygen atoms in total. The smallest absolute Gasteiger partial charge is 0.327 e. The monoisotopic (exact) mass is 442 g/mol. The Kier molecular flexibility index (Phi) is 13.5. The first-order valence-electron chi connectivity index (χ1n) is 9.75. The van der Waals surface area contributed by atoms with E-state index in [-0.39, 0.29) is 26.1 Å². The molecule has 0 aliphatic heterocycles. The SMILES string of the molecule is CCCCC(Cl)(CC=C(Cl)CC(Cl)(CCCC)C(=O)OCC)C(=O)OCC. The molecule has 0 aromatic heterocycles. The van der Waals surface area contributed by atoms with Crippen LogP contribution in [0.3, 0.4) is 0 Å². The summed E-state index contributed by atoms with van der Waals surface area (Å²) >= 11 is 19.5. The fourth-order valence-corrected chi connectivity index (χ4v) is 3.57. The predicted molar refractivity (Wildman–Crippen MR) is 113 cm³/mol. The number of hydrogen-bond acceptors (Lipinski definition) is 4. The molecule has 0 heterocycles. The summed E-state index contributed by atoms with van der Waals surface area (Å²) < 4.78 is 10.2. The van der Waals surface area contributed by atoms with Crippen LogP contribution in [-0.2, 0) is 19.1 Å². The van der Waals surface area contributed by atoms with Crippen LogP contribution in [0.25, 0.3) is 0 Å². The molecule has 0 aliphatic carbocycles. The van der Waals surface area contributed by atoms with Crippen LogP contribution in [-0.4, -0.2) is 34.9 Å². The Morgan fingerprint density at radius 3 is 1.74 bits per heavy atom. The summed E-state index contributed by atoms with van der Waals surface area (Å²) in [5.74, 6) is -0.922. The molecule has 2 unspecified atom stereocenters. The molecule has 0 bridgehead atoms. The van der Waals surface area contributed by atoms with E-state index in [1.807, 2.05) is 13.8 Å². The topological polar surface area (TPSA) is 52.6 Å². The molecule has 0 amide bonds. The van der Waals surface area contributed by atoms with E-state index in [0.29, 0.717) is 17.9 Å². The lowest BCUT2D eigenvalue weighted by Gasteiger charge is -2.26. The average Bonchev–Trinajstić information content (AvgIpc) is 2.63. The van der Waals surface area contributed by atoms with Crippen LogP contribution in [0.1, 0.15) is 79.1 Å². The maximum absolute atomic E-state index is 12.3. The van der Waals surface area contributed by atoms with Gasteiger partial charge in [0.05, 0.1) is 13.2 Å². The minimum absolute atomic E-state index is 0.137. The van der Waals surface area contributed by atoms with Crippen molar-refractivity contribution in [1.29, 1.82) is 0 Å². The van der Waals surface area contributed by atoms with Crippen molar-refractivity contribution in [2.75, 3.05) is 13.2 Å². The molecule has 0 spiro atoms. The van der Waals surface area contributed by atoms with Crippen molar-refractivity contribution in [3.8, 4) is 0 Å². The number of rotatable bonds is 14. The molecule has 0 aromatic carbocycles. The van der Waals surface area contributed by atoms with E-state index >= 15 is 0 Å². The summed E-state index contributed by atoms with van der Waals surface area (Å²) in [6.45, 7) is 8.05. The third kappa shape index (κ3) is 9.54. The van der Waals surface area contributed by atoms with Gasteiger partial charge in [0.15, 0.2) is 0 Å². The van der Waals surface area contributed by atoms with Gasteiger partial charge in [-0.3, -0.25) is 9.59 Å². The molecule has 0 aromatic rings. The Bertz CT molecular complexity index is 496. The fourth-order valence-electron chi connectivity index (χ4n) is 2.60. The summed E-state index contributed by atoms with van der Waals surface area (Å²) in [5.41, 5.74) is 0. The molecule has 7 heteroatoms. The van der Waals surface area contributed by atoms with E-state index in [1.54, 1.807) is 19.9 Å². The average molecular weight is 444 g/mol. The van der Waals surface area contributed by atoms with Crippen molar-refractivity contribution in [1.82, 2.24) is 0 Å². The lowest BCUT2D eigenvalue weighted by molar-refractivity contribution is -0.147. The van der Waals surface area contributed by atoms with E-state index in [1.165, 1.54) is 0 Å². The summed E-state index contributed by atoms with van der Waals surface area (Å²) in [5, 5.41) is 0.389. The van der Waals surface area contributed by atoms with Crippen molar-refractivity contribution < 1.29 is 19.1 Å². The second kappa shape index (κ2) is 13.7. The Morgan fingerprint density at radius 1 is 0.852 bits per heavy atom. The number of esters is 2. The van der Waals surface area contributed by atoms with E-state index < -0.39 is 21.7 Å². The lowest BCUT2D eigenvalue weighted by atomic mass is 9.94. The van der Waals surface area contributed by atoms with Crippen LogP contribution in [0, 0.1) is 0 Å². The van der Waals surface area contributed by atoms with Crippen molar-refractivity contribution in [3.63, 3.8) is 0 Å². The molecule has 0 rings (SSSR count). The number of hydrogen-bond donors (Lipinski definition) is 0. The number of alkyl halides is 2. The van der Waals surface area contributed by atoms with Gasteiger partial charge in [-0.25, -0.2) is 0 Å². The van der Waals surface area contributed by atoms with E-state index in [2.05, 4.69) is 0 Å². The van der Waals surface area contributed by atoms with Gasteiger partial charge < -0.3 is 9.47 Å². The highest BCUT2D eigenvalue weighted by Crippen LogP contribution is 2.35. The predicted octanol–water partition coefficient (Wildman–Crippen LogP) is 6.35. The van der Waals surface area contributed by atoms with E-state index in [0.717, 1.165) is 25.7 Å². The lowest BCUT2D eigenvalue weighted by Crippen LogP contribution is -2.35. The maximum atomic E-state index is 12.3. The highest BCUT2D eigenvalue weighted by Gasteiger charge is 2.39. The zero-order chi connectivity index (χ0) is 20.9. The maximum Gasteiger partial charge on any atom is 0.327 e. The number of carbonyl (C=O) groups is 2. The molecule has 0 N–H and O–H groups in total. The zero-order valence-electron chi connectivity index (χ0n) is 16.9. The molecular formula is C20H33Cl3O4. The minimum atomic E-state index is -1.21. The first-order chi connectivity index (χ1) is 12.7. The second-order valence-electron chi connectivity index (χ2n) is 6.61. The standard InChI is InChI=1S/C20H33Cl3O4/c1-5-9-12-19(22,17(24)26-7-3)14-11-16(21)15-20(23,13-10-6-2)18(25)27-8-4/h11H,5-10,12-15H2,1-4H3. The third-order valence-corrected chi connectivity index (χ3v) is 5.49. The minimum Gasteiger partial charge on any atom is -0.465 e. The largest absolute Gasteiger partial charge is 0.465 e. The van der Waals surface area contributed by atoms with Gasteiger partial charge in [-0.15, -0.1) is 23.2 Å². The number of unbranched alkanes of at least 4 members (excludes halogenated alkanes) is 2. The van der Waals surface area contributed by atoms with Crippen molar-refractivity contribution >= 4 is 46.7 Å². The Hall–Kier alpha value is -0.450. The van der Waals surface area contributed by atoms with Crippen molar-refractivity contribution in [2.45, 2.75) is 88.8 Å². The quantitative estimate of drug-likeness (QED) is 0.232. The van der Waals surface area contributed by atoms with Crippen LogP contribution in [0.2, 0.25) is 0 Å². The van der Waals surface area contributed by atoms with Gasteiger partial charge in [-0.1, -0.05) is 57.2 Å². The number of carbonyl (C=O) groups excluding carboxylic acids is 2. The molecule has 0 fully saturated rings. The zero-order valence-corrected chi connectivity index (χ0v) is 19.2. The summed E-state index contributed by atoms with van der Waals surface area (Å²) in [7, 11) is 0. The van der Waals surface area contributed by atoms with Gasteiger partial charge in [0.1, 0.15) is 9.75 Å². The Balaban J connectivity index is 5.27. The molecule has 2 atom stereocenters.